The Bertz CT molecular complexity index is 121. The molecule has 0 aromatic carbocycles. The van der Waals surface area contributed by atoms with Gasteiger partial charge in [0.1, 0.15) is 12.2 Å². The van der Waals surface area contributed by atoms with Crippen LogP contribution in [0.25, 0.3) is 0 Å². The maximum atomic E-state index is 9.01. The summed E-state index contributed by atoms with van der Waals surface area (Å²) in [5, 5.41) is 17.5. The fourth-order valence-corrected chi connectivity index (χ4v) is 0.864. The van der Waals surface area contributed by atoms with Crippen molar-refractivity contribution in [3.8, 4) is 0 Å². The first kappa shape index (κ1) is 6.58. The highest BCUT2D eigenvalue weighted by molar-refractivity contribution is 4.96. The van der Waals surface area contributed by atoms with Crippen LogP contribution in [0.1, 0.15) is 6.42 Å². The summed E-state index contributed by atoms with van der Waals surface area (Å²) >= 11 is 0. The molecule has 1 aliphatic rings. The quantitative estimate of drug-likeness (QED) is 0.509. The lowest BCUT2D eigenvalue weighted by molar-refractivity contribution is 0.0192. The molecule has 1 fully saturated rings. The van der Waals surface area contributed by atoms with Gasteiger partial charge < -0.3 is 14.9 Å². The van der Waals surface area contributed by atoms with E-state index in [1.165, 1.54) is 0 Å². The average Bonchev–Trinajstić information content (AvgIpc) is 2.10. The molecule has 1 aliphatic heterocycles. The Kier molecular flexibility index (Phi) is 1.73. The van der Waals surface area contributed by atoms with Gasteiger partial charge in [-0.05, 0) is 0 Å². The molecular formula is C6H10O3. The van der Waals surface area contributed by atoms with Gasteiger partial charge in [0.15, 0.2) is 0 Å². The molecule has 52 valence electrons. The summed E-state index contributed by atoms with van der Waals surface area (Å²) in [6.45, 7) is 3.37. The number of hydrogen-bond donors (Lipinski definition) is 2. The summed E-state index contributed by atoms with van der Waals surface area (Å²) in [5.41, 5.74) is 0. The normalized spacial score (nSPS) is 34.7. The van der Waals surface area contributed by atoms with Crippen LogP contribution in [0.4, 0.5) is 0 Å². The van der Waals surface area contributed by atoms with Crippen molar-refractivity contribution in [1.82, 2.24) is 0 Å². The molecule has 0 spiro atoms. The molecule has 0 radical (unpaired) electrons. The van der Waals surface area contributed by atoms with E-state index < -0.39 is 12.2 Å². The highest BCUT2D eigenvalue weighted by Gasteiger charge is 2.28. The Labute approximate surface area is 53.6 Å². The first-order valence-corrected chi connectivity index (χ1v) is 2.87. The standard InChI is InChI=1S/C6H10O3/c1-4-2-5(8)6(3-7)9-4/h5-8H,1-3H2/t5-,6+/m0/s1. The van der Waals surface area contributed by atoms with Crippen molar-refractivity contribution in [3.63, 3.8) is 0 Å². The minimum Gasteiger partial charge on any atom is -0.490 e. The Balaban J connectivity index is 2.47. The first-order valence-electron chi connectivity index (χ1n) is 2.87. The summed E-state index contributed by atoms with van der Waals surface area (Å²) in [4.78, 5) is 0. The Hall–Kier alpha value is -0.540. The Morgan fingerprint density at radius 1 is 1.78 bits per heavy atom. The zero-order valence-electron chi connectivity index (χ0n) is 5.08. The van der Waals surface area contributed by atoms with Gasteiger partial charge in [-0.2, -0.15) is 0 Å². The third-order valence-corrected chi connectivity index (χ3v) is 1.36. The molecule has 0 saturated carbocycles. The molecule has 1 saturated heterocycles. The molecule has 0 bridgehead atoms. The van der Waals surface area contributed by atoms with E-state index in [0.29, 0.717) is 12.2 Å². The van der Waals surface area contributed by atoms with Crippen LogP contribution < -0.4 is 0 Å². The molecule has 2 atom stereocenters. The molecule has 1 rings (SSSR count). The van der Waals surface area contributed by atoms with Crippen LogP contribution in [0.2, 0.25) is 0 Å². The van der Waals surface area contributed by atoms with E-state index >= 15 is 0 Å². The third kappa shape index (κ3) is 1.23. The number of aliphatic hydroxyl groups is 2. The van der Waals surface area contributed by atoms with Crippen LogP contribution in [0.3, 0.4) is 0 Å². The fraction of sp³-hybridized carbons (Fsp3) is 0.667. The van der Waals surface area contributed by atoms with E-state index in [4.69, 9.17) is 14.9 Å². The van der Waals surface area contributed by atoms with E-state index in [1.54, 1.807) is 0 Å². The summed E-state index contributed by atoms with van der Waals surface area (Å²) in [7, 11) is 0. The Morgan fingerprint density at radius 3 is 2.67 bits per heavy atom. The fourth-order valence-electron chi connectivity index (χ4n) is 0.864. The smallest absolute Gasteiger partial charge is 0.147 e. The van der Waals surface area contributed by atoms with Gasteiger partial charge in [-0.25, -0.2) is 0 Å². The summed E-state index contributed by atoms with van der Waals surface area (Å²) < 4.78 is 4.93. The minimum absolute atomic E-state index is 0.139. The molecular weight excluding hydrogens is 120 g/mol. The summed E-state index contributed by atoms with van der Waals surface area (Å²) in [6, 6.07) is 0. The van der Waals surface area contributed by atoms with Gasteiger partial charge in [0.05, 0.1) is 12.4 Å². The largest absolute Gasteiger partial charge is 0.490 e. The molecule has 3 nitrogen and oxygen atoms in total. The van der Waals surface area contributed by atoms with E-state index in [1.807, 2.05) is 0 Å². The topological polar surface area (TPSA) is 49.7 Å². The predicted octanol–water partition coefficient (Wildman–Crippen LogP) is -0.358. The van der Waals surface area contributed by atoms with E-state index in [-0.39, 0.29) is 6.61 Å². The number of hydrogen-bond acceptors (Lipinski definition) is 3. The lowest BCUT2D eigenvalue weighted by atomic mass is 10.2. The lowest BCUT2D eigenvalue weighted by Crippen LogP contribution is -2.24. The molecule has 2 N–H and O–H groups in total. The SMILES string of the molecule is C=C1C[C@H](O)[C@@H](CO)O1. The lowest BCUT2D eigenvalue weighted by Gasteiger charge is -2.08. The molecule has 0 aliphatic carbocycles. The molecule has 0 aromatic heterocycles. The second-order valence-electron chi connectivity index (χ2n) is 2.15. The van der Waals surface area contributed by atoms with Gasteiger partial charge in [-0.1, -0.05) is 6.58 Å². The van der Waals surface area contributed by atoms with Crippen molar-refractivity contribution in [1.29, 1.82) is 0 Å². The molecule has 9 heavy (non-hydrogen) atoms. The van der Waals surface area contributed by atoms with Crippen LogP contribution in [-0.2, 0) is 4.74 Å². The van der Waals surface area contributed by atoms with Crippen LogP contribution in [0, 0.1) is 0 Å². The maximum Gasteiger partial charge on any atom is 0.147 e. The van der Waals surface area contributed by atoms with Crippen molar-refractivity contribution >= 4 is 0 Å². The summed E-state index contributed by atoms with van der Waals surface area (Å²) in [5.74, 6) is 0.557. The first-order chi connectivity index (χ1) is 4.24. The predicted molar refractivity (Wildman–Crippen MR) is 31.7 cm³/mol. The molecule has 0 amide bonds. The van der Waals surface area contributed by atoms with Gasteiger partial charge >= 0.3 is 0 Å². The molecule has 1 heterocycles. The number of ether oxygens (including phenoxy) is 1. The van der Waals surface area contributed by atoms with Crippen LogP contribution in [-0.4, -0.2) is 29.0 Å². The van der Waals surface area contributed by atoms with Gasteiger partial charge in [0.25, 0.3) is 0 Å². The Morgan fingerprint density at radius 2 is 2.44 bits per heavy atom. The van der Waals surface area contributed by atoms with E-state index in [2.05, 4.69) is 6.58 Å². The van der Waals surface area contributed by atoms with Crippen LogP contribution in [0.15, 0.2) is 12.3 Å². The number of aliphatic hydroxyl groups excluding tert-OH is 2. The van der Waals surface area contributed by atoms with Crippen molar-refractivity contribution in [2.75, 3.05) is 6.61 Å². The molecule has 0 aromatic rings. The van der Waals surface area contributed by atoms with Crippen molar-refractivity contribution in [2.24, 2.45) is 0 Å². The average molecular weight is 130 g/mol. The van der Waals surface area contributed by atoms with Crippen LogP contribution >= 0.6 is 0 Å². The summed E-state index contributed by atoms with van der Waals surface area (Å²) in [6.07, 6.45) is -0.564. The zero-order chi connectivity index (χ0) is 6.85. The van der Waals surface area contributed by atoms with E-state index in [0.717, 1.165) is 0 Å². The molecule has 3 heteroatoms. The number of rotatable bonds is 1. The van der Waals surface area contributed by atoms with Gasteiger partial charge in [-0.3, -0.25) is 0 Å². The highest BCUT2D eigenvalue weighted by atomic mass is 16.5. The third-order valence-electron chi connectivity index (χ3n) is 1.36. The van der Waals surface area contributed by atoms with Crippen LogP contribution in [0.5, 0.6) is 0 Å². The van der Waals surface area contributed by atoms with Gasteiger partial charge in [-0.15, -0.1) is 0 Å². The second-order valence-corrected chi connectivity index (χ2v) is 2.15. The second kappa shape index (κ2) is 2.37. The maximum absolute atomic E-state index is 9.01. The van der Waals surface area contributed by atoms with Gasteiger partial charge in [0, 0.05) is 6.42 Å². The zero-order valence-corrected chi connectivity index (χ0v) is 5.08. The monoisotopic (exact) mass is 130 g/mol. The highest BCUT2D eigenvalue weighted by Crippen LogP contribution is 2.20. The van der Waals surface area contributed by atoms with Crippen molar-refractivity contribution in [2.45, 2.75) is 18.6 Å². The molecule has 0 unspecified atom stereocenters. The van der Waals surface area contributed by atoms with Crippen molar-refractivity contribution in [3.05, 3.63) is 12.3 Å². The van der Waals surface area contributed by atoms with Crippen molar-refractivity contribution < 1.29 is 14.9 Å². The van der Waals surface area contributed by atoms with Gasteiger partial charge in [0.2, 0.25) is 0 Å². The van der Waals surface area contributed by atoms with E-state index in [9.17, 15) is 0 Å². The minimum atomic E-state index is -0.567.